The number of nitrogens with two attached hydrogens (primary N) is 1. The molecule has 0 spiro atoms. The fourth-order valence-corrected chi connectivity index (χ4v) is 1.47. The van der Waals surface area contributed by atoms with Crippen LogP contribution in [0, 0.1) is 11.3 Å². The van der Waals surface area contributed by atoms with Crippen molar-refractivity contribution < 1.29 is 4.74 Å². The lowest BCUT2D eigenvalue weighted by molar-refractivity contribution is 0.0761. The van der Waals surface area contributed by atoms with Crippen molar-refractivity contribution in [1.29, 1.82) is 5.26 Å². The molecule has 2 N–H and O–H groups in total. The Hall–Kier alpha value is -1.87. The molecule has 1 aromatic rings. The summed E-state index contributed by atoms with van der Waals surface area (Å²) in [5.41, 5.74) is 5.56. The number of morpholine rings is 1. The van der Waals surface area contributed by atoms with Crippen molar-refractivity contribution in [2.45, 2.75) is 6.10 Å². The monoisotopic (exact) mass is 205 g/mol. The van der Waals surface area contributed by atoms with Gasteiger partial charge >= 0.3 is 0 Å². The number of nitrogens with zero attached hydrogens (tertiary/aromatic N) is 4. The van der Waals surface area contributed by atoms with Gasteiger partial charge in [-0.15, -0.1) is 0 Å². The van der Waals surface area contributed by atoms with E-state index in [0.29, 0.717) is 25.5 Å². The van der Waals surface area contributed by atoms with E-state index in [1.807, 2.05) is 4.90 Å². The average Bonchev–Trinajstić information content (AvgIpc) is 2.29. The Labute approximate surface area is 87.3 Å². The number of aromatic nitrogens is 2. The third kappa shape index (κ3) is 2.14. The van der Waals surface area contributed by atoms with Crippen LogP contribution in [0.3, 0.4) is 0 Å². The highest BCUT2D eigenvalue weighted by molar-refractivity contribution is 5.46. The van der Waals surface area contributed by atoms with E-state index in [9.17, 15) is 0 Å². The third-order valence-electron chi connectivity index (χ3n) is 2.21. The van der Waals surface area contributed by atoms with Gasteiger partial charge in [-0.2, -0.15) is 5.26 Å². The van der Waals surface area contributed by atoms with Crippen molar-refractivity contribution in [2.24, 2.45) is 0 Å². The summed E-state index contributed by atoms with van der Waals surface area (Å²) in [6.45, 7) is 1.77. The maximum atomic E-state index is 8.75. The van der Waals surface area contributed by atoms with Crippen molar-refractivity contribution in [1.82, 2.24) is 9.97 Å². The summed E-state index contributed by atoms with van der Waals surface area (Å²) >= 11 is 0. The van der Waals surface area contributed by atoms with Crippen molar-refractivity contribution in [3.8, 4) is 6.07 Å². The van der Waals surface area contributed by atoms with Gasteiger partial charge in [0.2, 0.25) is 0 Å². The van der Waals surface area contributed by atoms with Gasteiger partial charge in [-0.3, -0.25) is 0 Å². The van der Waals surface area contributed by atoms with E-state index < -0.39 is 6.10 Å². The fourth-order valence-electron chi connectivity index (χ4n) is 1.47. The molecule has 0 amide bonds. The zero-order valence-corrected chi connectivity index (χ0v) is 8.13. The molecule has 1 aliphatic rings. The minimum absolute atomic E-state index is 0.394. The minimum atomic E-state index is -0.394. The second-order valence-electron chi connectivity index (χ2n) is 3.24. The Bertz CT molecular complexity index is 388. The summed E-state index contributed by atoms with van der Waals surface area (Å²) in [4.78, 5) is 9.89. The molecule has 0 aliphatic carbocycles. The lowest BCUT2D eigenvalue weighted by atomic mass is 10.3. The summed E-state index contributed by atoms with van der Waals surface area (Å²) < 4.78 is 5.23. The molecule has 1 atom stereocenters. The third-order valence-corrected chi connectivity index (χ3v) is 2.21. The Balaban J connectivity index is 2.14. The van der Waals surface area contributed by atoms with E-state index >= 15 is 0 Å². The van der Waals surface area contributed by atoms with Gasteiger partial charge in [0, 0.05) is 12.6 Å². The first-order valence-electron chi connectivity index (χ1n) is 4.63. The van der Waals surface area contributed by atoms with Gasteiger partial charge in [0.1, 0.15) is 18.0 Å². The molecule has 1 unspecified atom stereocenters. The van der Waals surface area contributed by atoms with Crippen molar-refractivity contribution in [2.75, 3.05) is 30.3 Å². The molecule has 2 rings (SSSR count). The topological polar surface area (TPSA) is 88.1 Å². The van der Waals surface area contributed by atoms with Gasteiger partial charge in [0.25, 0.3) is 0 Å². The lowest BCUT2D eigenvalue weighted by Gasteiger charge is -2.30. The molecule has 78 valence electrons. The van der Waals surface area contributed by atoms with Crippen LogP contribution in [0.5, 0.6) is 0 Å². The molecule has 1 aliphatic heterocycles. The van der Waals surface area contributed by atoms with Gasteiger partial charge in [-0.1, -0.05) is 0 Å². The number of ether oxygens (including phenoxy) is 1. The molecule has 1 fully saturated rings. The van der Waals surface area contributed by atoms with Crippen LogP contribution in [0.15, 0.2) is 12.4 Å². The van der Waals surface area contributed by atoms with E-state index in [1.165, 1.54) is 6.33 Å². The second kappa shape index (κ2) is 4.11. The SMILES string of the molecule is N#CC1CN(c2cc(N)ncn2)CCO1. The van der Waals surface area contributed by atoms with Crippen molar-refractivity contribution >= 4 is 11.6 Å². The van der Waals surface area contributed by atoms with Crippen LogP contribution < -0.4 is 10.6 Å². The molecule has 1 saturated heterocycles. The van der Waals surface area contributed by atoms with Crippen molar-refractivity contribution in [3.63, 3.8) is 0 Å². The molecular formula is C9H11N5O. The van der Waals surface area contributed by atoms with Crippen LogP contribution in [-0.2, 0) is 4.74 Å². The van der Waals surface area contributed by atoms with E-state index in [0.717, 1.165) is 5.82 Å². The Morgan fingerprint density at radius 1 is 1.60 bits per heavy atom. The number of rotatable bonds is 1. The van der Waals surface area contributed by atoms with Crippen LogP contribution >= 0.6 is 0 Å². The maximum Gasteiger partial charge on any atom is 0.161 e. The lowest BCUT2D eigenvalue weighted by Crippen LogP contribution is -2.42. The average molecular weight is 205 g/mol. The quantitative estimate of drug-likeness (QED) is 0.682. The number of anilines is 2. The number of hydrogen-bond donors (Lipinski definition) is 1. The van der Waals surface area contributed by atoms with Gasteiger partial charge < -0.3 is 15.4 Å². The first-order chi connectivity index (χ1) is 7.29. The largest absolute Gasteiger partial charge is 0.384 e. The number of nitrogen functional groups attached to an aromatic ring is 1. The normalized spacial score (nSPS) is 21.0. The molecular weight excluding hydrogens is 194 g/mol. The summed E-state index contributed by atoms with van der Waals surface area (Å²) in [6, 6.07) is 3.77. The summed E-state index contributed by atoms with van der Waals surface area (Å²) in [7, 11) is 0. The molecule has 2 heterocycles. The molecule has 6 heteroatoms. The number of hydrogen-bond acceptors (Lipinski definition) is 6. The molecule has 0 bridgehead atoms. The highest BCUT2D eigenvalue weighted by Crippen LogP contribution is 2.15. The smallest absolute Gasteiger partial charge is 0.161 e. The minimum Gasteiger partial charge on any atom is -0.384 e. The van der Waals surface area contributed by atoms with E-state index in [1.54, 1.807) is 6.07 Å². The van der Waals surface area contributed by atoms with Crippen LogP contribution in [0.25, 0.3) is 0 Å². The van der Waals surface area contributed by atoms with E-state index in [4.69, 9.17) is 15.7 Å². The number of nitriles is 1. The second-order valence-corrected chi connectivity index (χ2v) is 3.24. The van der Waals surface area contributed by atoms with Crippen LogP contribution in [0.4, 0.5) is 11.6 Å². The molecule has 0 aromatic carbocycles. The molecule has 1 aromatic heterocycles. The first kappa shape index (κ1) is 9.68. The van der Waals surface area contributed by atoms with E-state index in [-0.39, 0.29) is 0 Å². The summed E-state index contributed by atoms with van der Waals surface area (Å²) in [5, 5.41) is 8.75. The summed E-state index contributed by atoms with van der Waals surface area (Å²) in [6.07, 6.45) is 1.02. The van der Waals surface area contributed by atoms with Gasteiger partial charge in [-0.05, 0) is 0 Å². The molecule has 0 radical (unpaired) electrons. The van der Waals surface area contributed by atoms with Gasteiger partial charge in [0.15, 0.2) is 6.10 Å². The standard InChI is InChI=1S/C9H11N5O/c10-4-7-5-14(1-2-15-7)9-3-8(11)12-6-13-9/h3,6-7H,1-2,5H2,(H2,11,12,13). The van der Waals surface area contributed by atoms with Crippen LogP contribution in [-0.4, -0.2) is 35.8 Å². The molecule has 0 saturated carbocycles. The highest BCUT2D eigenvalue weighted by atomic mass is 16.5. The highest BCUT2D eigenvalue weighted by Gasteiger charge is 2.20. The van der Waals surface area contributed by atoms with E-state index in [2.05, 4.69) is 16.0 Å². The molecule has 15 heavy (non-hydrogen) atoms. The van der Waals surface area contributed by atoms with Crippen LogP contribution in [0.2, 0.25) is 0 Å². The molecule has 6 nitrogen and oxygen atoms in total. The van der Waals surface area contributed by atoms with Gasteiger partial charge in [0.05, 0.1) is 19.2 Å². The zero-order chi connectivity index (χ0) is 10.7. The first-order valence-corrected chi connectivity index (χ1v) is 4.63. The predicted molar refractivity (Wildman–Crippen MR) is 54.0 cm³/mol. The fraction of sp³-hybridized carbons (Fsp3) is 0.444. The van der Waals surface area contributed by atoms with Crippen molar-refractivity contribution in [3.05, 3.63) is 12.4 Å². The summed E-state index contributed by atoms with van der Waals surface area (Å²) in [5.74, 6) is 1.17. The Morgan fingerprint density at radius 3 is 3.20 bits per heavy atom. The van der Waals surface area contributed by atoms with Crippen LogP contribution in [0.1, 0.15) is 0 Å². The van der Waals surface area contributed by atoms with Gasteiger partial charge in [-0.25, -0.2) is 9.97 Å². The Kier molecular flexibility index (Phi) is 2.65. The zero-order valence-electron chi connectivity index (χ0n) is 8.13. The Morgan fingerprint density at radius 2 is 2.47 bits per heavy atom. The maximum absolute atomic E-state index is 8.75. The predicted octanol–water partition coefficient (Wildman–Crippen LogP) is -0.212.